The number of nitrogens with zero attached hydrogens (tertiary/aromatic N) is 1. The predicted molar refractivity (Wildman–Crippen MR) is 71.4 cm³/mol. The molecule has 4 atom stereocenters. The van der Waals surface area contributed by atoms with E-state index in [-0.39, 0.29) is 0 Å². The lowest BCUT2D eigenvalue weighted by Gasteiger charge is -2.29. The fourth-order valence-electron chi connectivity index (χ4n) is 3.51. The van der Waals surface area contributed by atoms with Gasteiger partial charge in [-0.3, -0.25) is 4.98 Å². The highest BCUT2D eigenvalue weighted by atomic mass is 16.5. The number of hydrogen-bond acceptors (Lipinski definition) is 3. The van der Waals surface area contributed by atoms with E-state index in [1.54, 1.807) is 0 Å². The summed E-state index contributed by atoms with van der Waals surface area (Å²) in [5.74, 6) is 0.692. The molecule has 0 radical (unpaired) electrons. The van der Waals surface area contributed by atoms with Crippen molar-refractivity contribution in [1.29, 1.82) is 0 Å². The summed E-state index contributed by atoms with van der Waals surface area (Å²) in [6.45, 7) is 3.22. The van der Waals surface area contributed by atoms with Crippen LogP contribution in [0, 0.1) is 5.92 Å². The third-order valence-corrected chi connectivity index (χ3v) is 4.34. The number of aromatic nitrogens is 1. The zero-order valence-corrected chi connectivity index (χ0v) is 11.0. The molecular formula is C15H22N2O. The molecule has 3 nitrogen and oxygen atoms in total. The van der Waals surface area contributed by atoms with Gasteiger partial charge in [-0.1, -0.05) is 6.92 Å². The summed E-state index contributed by atoms with van der Waals surface area (Å²) in [5, 5.41) is 3.66. The van der Waals surface area contributed by atoms with Gasteiger partial charge in [0.05, 0.1) is 12.2 Å². The van der Waals surface area contributed by atoms with E-state index in [0.29, 0.717) is 24.2 Å². The second-order valence-electron chi connectivity index (χ2n) is 5.50. The summed E-state index contributed by atoms with van der Waals surface area (Å²) < 4.78 is 6.00. The third-order valence-electron chi connectivity index (χ3n) is 4.34. The zero-order chi connectivity index (χ0) is 12.4. The van der Waals surface area contributed by atoms with Gasteiger partial charge in [-0.05, 0) is 49.9 Å². The Bertz CT molecular complexity index is 381. The molecule has 2 bridgehead atoms. The molecule has 2 saturated heterocycles. The van der Waals surface area contributed by atoms with E-state index in [0.717, 1.165) is 13.0 Å². The lowest BCUT2D eigenvalue weighted by Crippen LogP contribution is -2.42. The van der Waals surface area contributed by atoms with Crippen molar-refractivity contribution >= 4 is 0 Å². The standard InChI is InChI=1S/C15H22N2O/c1-2-17-14(9-11-5-7-16-8-6-11)13-10-12-3-4-15(13)18-12/h5-8,12-15,17H,2-4,9-10H2,1H3. The molecule has 98 valence electrons. The van der Waals surface area contributed by atoms with Crippen LogP contribution in [0.1, 0.15) is 31.7 Å². The van der Waals surface area contributed by atoms with Gasteiger partial charge in [0.25, 0.3) is 0 Å². The first-order valence-electron chi connectivity index (χ1n) is 7.14. The summed E-state index contributed by atoms with van der Waals surface area (Å²) in [6.07, 6.45) is 9.68. The van der Waals surface area contributed by atoms with Gasteiger partial charge in [-0.25, -0.2) is 0 Å². The highest BCUT2D eigenvalue weighted by molar-refractivity contribution is 5.12. The highest BCUT2D eigenvalue weighted by Crippen LogP contribution is 2.40. The zero-order valence-electron chi connectivity index (χ0n) is 11.0. The number of fused-ring (bicyclic) bond motifs is 2. The van der Waals surface area contributed by atoms with Crippen LogP contribution in [0.5, 0.6) is 0 Å². The van der Waals surface area contributed by atoms with Gasteiger partial charge in [0.15, 0.2) is 0 Å². The van der Waals surface area contributed by atoms with Crippen LogP contribution in [0.25, 0.3) is 0 Å². The van der Waals surface area contributed by atoms with Crippen LogP contribution in [-0.4, -0.2) is 29.8 Å². The molecule has 2 fully saturated rings. The lowest BCUT2D eigenvalue weighted by atomic mass is 9.81. The van der Waals surface area contributed by atoms with Crippen molar-refractivity contribution in [1.82, 2.24) is 10.3 Å². The van der Waals surface area contributed by atoms with Crippen LogP contribution < -0.4 is 5.32 Å². The molecular weight excluding hydrogens is 224 g/mol. The Morgan fingerprint density at radius 2 is 2.22 bits per heavy atom. The quantitative estimate of drug-likeness (QED) is 0.864. The third kappa shape index (κ3) is 2.43. The first kappa shape index (κ1) is 12.1. The fourth-order valence-corrected chi connectivity index (χ4v) is 3.51. The minimum absolute atomic E-state index is 0.501. The summed E-state index contributed by atoms with van der Waals surface area (Å²) >= 11 is 0. The molecule has 2 aliphatic heterocycles. The number of rotatable bonds is 5. The van der Waals surface area contributed by atoms with Crippen molar-refractivity contribution in [2.75, 3.05) is 6.54 Å². The largest absolute Gasteiger partial charge is 0.375 e. The van der Waals surface area contributed by atoms with Crippen LogP contribution in [0.15, 0.2) is 24.5 Å². The number of pyridine rings is 1. The molecule has 3 heterocycles. The van der Waals surface area contributed by atoms with Crippen molar-refractivity contribution in [3.05, 3.63) is 30.1 Å². The molecule has 0 aromatic carbocycles. The Morgan fingerprint density at radius 3 is 2.83 bits per heavy atom. The molecule has 0 spiro atoms. The molecule has 2 aliphatic rings. The van der Waals surface area contributed by atoms with Crippen molar-refractivity contribution in [2.45, 2.75) is 50.9 Å². The minimum atomic E-state index is 0.501. The monoisotopic (exact) mass is 246 g/mol. The average molecular weight is 246 g/mol. The van der Waals surface area contributed by atoms with Crippen molar-refractivity contribution in [3.8, 4) is 0 Å². The summed E-state index contributed by atoms with van der Waals surface area (Å²) in [5.41, 5.74) is 1.37. The molecule has 18 heavy (non-hydrogen) atoms. The van der Waals surface area contributed by atoms with Gasteiger partial charge in [-0.2, -0.15) is 0 Å². The molecule has 4 unspecified atom stereocenters. The summed E-state index contributed by atoms with van der Waals surface area (Å²) in [7, 11) is 0. The number of likely N-dealkylation sites (N-methyl/N-ethyl adjacent to an activating group) is 1. The SMILES string of the molecule is CCNC(Cc1ccncc1)C1CC2CCC1O2. The van der Waals surface area contributed by atoms with Crippen molar-refractivity contribution in [3.63, 3.8) is 0 Å². The molecule has 3 rings (SSSR count). The number of hydrogen-bond donors (Lipinski definition) is 1. The highest BCUT2D eigenvalue weighted by Gasteiger charge is 2.43. The summed E-state index contributed by atoms with van der Waals surface area (Å²) in [4.78, 5) is 4.09. The van der Waals surface area contributed by atoms with Crippen molar-refractivity contribution in [2.24, 2.45) is 5.92 Å². The van der Waals surface area contributed by atoms with Crippen LogP contribution in [-0.2, 0) is 11.2 Å². The van der Waals surface area contributed by atoms with Gasteiger partial charge in [-0.15, -0.1) is 0 Å². The van der Waals surface area contributed by atoms with E-state index >= 15 is 0 Å². The summed E-state index contributed by atoms with van der Waals surface area (Å²) in [6, 6.07) is 4.80. The van der Waals surface area contributed by atoms with E-state index in [4.69, 9.17) is 4.74 Å². The fraction of sp³-hybridized carbons (Fsp3) is 0.667. The maximum Gasteiger partial charge on any atom is 0.0623 e. The number of nitrogens with one attached hydrogen (secondary N) is 1. The van der Waals surface area contributed by atoms with Gasteiger partial charge in [0, 0.05) is 24.4 Å². The minimum Gasteiger partial charge on any atom is -0.375 e. The van der Waals surface area contributed by atoms with E-state index in [9.17, 15) is 0 Å². The topological polar surface area (TPSA) is 34.2 Å². The van der Waals surface area contributed by atoms with Gasteiger partial charge < -0.3 is 10.1 Å². The van der Waals surface area contributed by atoms with E-state index in [1.807, 2.05) is 12.4 Å². The molecule has 0 amide bonds. The predicted octanol–water partition coefficient (Wildman–Crippen LogP) is 2.17. The van der Waals surface area contributed by atoms with Gasteiger partial charge in [0.1, 0.15) is 0 Å². The Labute approximate surface area is 109 Å². The van der Waals surface area contributed by atoms with Crippen LogP contribution in [0.4, 0.5) is 0 Å². The maximum atomic E-state index is 6.00. The van der Waals surface area contributed by atoms with E-state index in [2.05, 4.69) is 29.4 Å². The van der Waals surface area contributed by atoms with Gasteiger partial charge >= 0.3 is 0 Å². The molecule has 1 aromatic rings. The molecule has 1 aromatic heterocycles. The second-order valence-corrected chi connectivity index (χ2v) is 5.50. The Kier molecular flexibility index (Phi) is 3.62. The maximum absolute atomic E-state index is 6.00. The van der Waals surface area contributed by atoms with Crippen LogP contribution in [0.2, 0.25) is 0 Å². The molecule has 0 aliphatic carbocycles. The number of ether oxygens (including phenoxy) is 1. The first-order valence-corrected chi connectivity index (χ1v) is 7.14. The smallest absolute Gasteiger partial charge is 0.0623 e. The molecule has 3 heteroatoms. The van der Waals surface area contributed by atoms with Gasteiger partial charge in [0.2, 0.25) is 0 Å². The Hall–Kier alpha value is -0.930. The Morgan fingerprint density at radius 1 is 1.39 bits per heavy atom. The first-order chi connectivity index (χ1) is 8.86. The average Bonchev–Trinajstić information content (AvgIpc) is 3.02. The molecule has 1 N–H and O–H groups in total. The lowest BCUT2D eigenvalue weighted by molar-refractivity contribution is 0.0858. The van der Waals surface area contributed by atoms with Crippen LogP contribution in [0.3, 0.4) is 0 Å². The van der Waals surface area contributed by atoms with E-state index < -0.39 is 0 Å². The molecule has 0 saturated carbocycles. The Balaban J connectivity index is 1.68. The second kappa shape index (κ2) is 5.37. The van der Waals surface area contributed by atoms with Crippen LogP contribution >= 0.6 is 0 Å². The van der Waals surface area contributed by atoms with E-state index in [1.165, 1.54) is 24.8 Å². The normalized spacial score (nSPS) is 31.7. The van der Waals surface area contributed by atoms with Crippen molar-refractivity contribution < 1.29 is 4.74 Å².